The van der Waals surface area contributed by atoms with Crippen molar-refractivity contribution < 1.29 is 19.1 Å². The summed E-state index contributed by atoms with van der Waals surface area (Å²) in [6, 6.07) is 10.4. The van der Waals surface area contributed by atoms with Crippen LogP contribution in [0.2, 0.25) is 10.0 Å². The molecule has 0 aliphatic rings. The lowest BCUT2D eigenvalue weighted by Gasteiger charge is -2.08. The normalized spacial score (nSPS) is 9.96. The first-order valence-corrected chi connectivity index (χ1v) is 7.42. The van der Waals surface area contributed by atoms with Gasteiger partial charge in [0, 0.05) is 10.7 Å². The van der Waals surface area contributed by atoms with Crippen molar-refractivity contribution in [2.75, 3.05) is 17.7 Å². The molecular formula is C16H12Cl2N2O4. The minimum absolute atomic E-state index is 0.227. The monoisotopic (exact) mass is 366 g/mol. The SMILES string of the molecule is COC(=O)c1ccc(NC(=O)C(=O)Nc2cc(Cl)ccc2Cl)cc1. The number of amides is 2. The van der Waals surface area contributed by atoms with Gasteiger partial charge >= 0.3 is 17.8 Å². The molecule has 2 amide bonds. The van der Waals surface area contributed by atoms with Crippen molar-refractivity contribution >= 4 is 52.4 Å². The van der Waals surface area contributed by atoms with Crippen LogP contribution in [0.3, 0.4) is 0 Å². The maximum atomic E-state index is 11.9. The third-order valence-electron chi connectivity index (χ3n) is 2.95. The smallest absolute Gasteiger partial charge is 0.337 e. The molecule has 124 valence electrons. The summed E-state index contributed by atoms with van der Waals surface area (Å²) < 4.78 is 4.57. The van der Waals surface area contributed by atoms with Crippen molar-refractivity contribution in [2.45, 2.75) is 0 Å². The maximum absolute atomic E-state index is 11.9. The number of nitrogens with one attached hydrogen (secondary N) is 2. The molecule has 0 heterocycles. The van der Waals surface area contributed by atoms with Crippen LogP contribution in [-0.2, 0) is 14.3 Å². The number of carbonyl (C=O) groups is 3. The Morgan fingerprint density at radius 2 is 1.54 bits per heavy atom. The third-order valence-corrected chi connectivity index (χ3v) is 3.51. The van der Waals surface area contributed by atoms with E-state index in [1.54, 1.807) is 6.07 Å². The van der Waals surface area contributed by atoms with Gasteiger partial charge in [-0.05, 0) is 42.5 Å². The van der Waals surface area contributed by atoms with E-state index in [2.05, 4.69) is 15.4 Å². The molecule has 24 heavy (non-hydrogen) atoms. The van der Waals surface area contributed by atoms with Crippen molar-refractivity contribution in [3.63, 3.8) is 0 Å². The standard InChI is InChI=1S/C16H12Cl2N2O4/c1-24-16(23)9-2-5-11(6-3-9)19-14(21)15(22)20-13-8-10(17)4-7-12(13)18/h2-8H,1H3,(H,19,21)(H,20,22). The number of hydrogen-bond acceptors (Lipinski definition) is 4. The molecule has 0 unspecified atom stereocenters. The van der Waals surface area contributed by atoms with Crippen molar-refractivity contribution in [2.24, 2.45) is 0 Å². The Hall–Kier alpha value is -2.57. The molecule has 0 aromatic heterocycles. The number of esters is 1. The van der Waals surface area contributed by atoms with Crippen LogP contribution < -0.4 is 10.6 Å². The maximum Gasteiger partial charge on any atom is 0.337 e. The van der Waals surface area contributed by atoms with Crippen LogP contribution >= 0.6 is 23.2 Å². The molecule has 0 radical (unpaired) electrons. The number of ether oxygens (including phenoxy) is 1. The Morgan fingerprint density at radius 3 is 2.17 bits per heavy atom. The predicted octanol–water partition coefficient (Wildman–Crippen LogP) is 3.36. The van der Waals surface area contributed by atoms with Gasteiger partial charge in [-0.15, -0.1) is 0 Å². The number of benzene rings is 2. The second kappa shape index (κ2) is 7.81. The Bertz CT molecular complexity index is 791. The Kier molecular flexibility index (Phi) is 5.78. The van der Waals surface area contributed by atoms with Gasteiger partial charge in [0.15, 0.2) is 0 Å². The van der Waals surface area contributed by atoms with Gasteiger partial charge in [0.1, 0.15) is 0 Å². The molecule has 0 saturated carbocycles. The average molecular weight is 367 g/mol. The molecule has 0 saturated heterocycles. The van der Waals surface area contributed by atoms with E-state index >= 15 is 0 Å². The van der Waals surface area contributed by atoms with Crippen LogP contribution in [0.1, 0.15) is 10.4 Å². The van der Waals surface area contributed by atoms with E-state index in [0.29, 0.717) is 16.3 Å². The van der Waals surface area contributed by atoms with E-state index in [1.807, 2.05) is 0 Å². The highest BCUT2D eigenvalue weighted by atomic mass is 35.5. The van der Waals surface area contributed by atoms with E-state index in [4.69, 9.17) is 23.2 Å². The van der Waals surface area contributed by atoms with E-state index in [-0.39, 0.29) is 10.7 Å². The van der Waals surface area contributed by atoms with Crippen LogP contribution in [0.4, 0.5) is 11.4 Å². The minimum Gasteiger partial charge on any atom is -0.465 e. The Labute approximate surface area is 147 Å². The summed E-state index contributed by atoms with van der Waals surface area (Å²) in [5, 5.41) is 5.39. The zero-order valence-electron chi connectivity index (χ0n) is 12.4. The molecule has 6 nitrogen and oxygen atoms in total. The van der Waals surface area contributed by atoms with E-state index < -0.39 is 17.8 Å². The van der Waals surface area contributed by atoms with Gasteiger partial charge in [0.05, 0.1) is 23.4 Å². The van der Waals surface area contributed by atoms with Crippen LogP contribution in [0.25, 0.3) is 0 Å². The van der Waals surface area contributed by atoms with Gasteiger partial charge in [-0.2, -0.15) is 0 Å². The van der Waals surface area contributed by atoms with E-state index in [1.165, 1.54) is 43.5 Å². The highest BCUT2D eigenvalue weighted by Gasteiger charge is 2.16. The van der Waals surface area contributed by atoms with Gasteiger partial charge in [0.2, 0.25) is 0 Å². The van der Waals surface area contributed by atoms with Crippen molar-refractivity contribution in [3.8, 4) is 0 Å². The molecule has 2 N–H and O–H groups in total. The first-order valence-electron chi connectivity index (χ1n) is 6.66. The van der Waals surface area contributed by atoms with Gasteiger partial charge in [-0.1, -0.05) is 23.2 Å². The van der Waals surface area contributed by atoms with Crippen LogP contribution in [0.15, 0.2) is 42.5 Å². The zero-order chi connectivity index (χ0) is 17.7. The summed E-state index contributed by atoms with van der Waals surface area (Å²) in [4.78, 5) is 35.1. The summed E-state index contributed by atoms with van der Waals surface area (Å²) in [5.41, 5.74) is 0.899. The van der Waals surface area contributed by atoms with Gasteiger partial charge in [-0.3, -0.25) is 9.59 Å². The van der Waals surface area contributed by atoms with Crippen molar-refractivity contribution in [1.29, 1.82) is 0 Å². The molecule has 2 aromatic carbocycles. The molecule has 8 heteroatoms. The fraction of sp³-hybridized carbons (Fsp3) is 0.0625. The first-order chi connectivity index (χ1) is 11.4. The predicted molar refractivity (Wildman–Crippen MR) is 91.5 cm³/mol. The summed E-state index contributed by atoms with van der Waals surface area (Å²) in [6.45, 7) is 0. The summed E-state index contributed by atoms with van der Waals surface area (Å²) in [5.74, 6) is -2.30. The molecule has 2 aromatic rings. The lowest BCUT2D eigenvalue weighted by molar-refractivity contribution is -0.132. The summed E-state index contributed by atoms with van der Waals surface area (Å²) in [6.07, 6.45) is 0. The third kappa shape index (κ3) is 4.47. The van der Waals surface area contributed by atoms with E-state index in [9.17, 15) is 14.4 Å². The van der Waals surface area contributed by atoms with E-state index in [0.717, 1.165) is 0 Å². The van der Waals surface area contributed by atoms with Crippen LogP contribution in [0, 0.1) is 0 Å². The van der Waals surface area contributed by atoms with Crippen LogP contribution in [-0.4, -0.2) is 24.9 Å². The molecule has 0 aliphatic carbocycles. The Balaban J connectivity index is 2.02. The zero-order valence-corrected chi connectivity index (χ0v) is 13.9. The summed E-state index contributed by atoms with van der Waals surface area (Å²) >= 11 is 11.7. The number of hydrogen-bond donors (Lipinski definition) is 2. The van der Waals surface area contributed by atoms with Gasteiger partial charge in [0.25, 0.3) is 0 Å². The minimum atomic E-state index is -0.906. The first kappa shape index (κ1) is 17.8. The van der Waals surface area contributed by atoms with Crippen LogP contribution in [0.5, 0.6) is 0 Å². The van der Waals surface area contributed by atoms with Gasteiger partial charge < -0.3 is 15.4 Å². The number of methoxy groups -OCH3 is 1. The average Bonchev–Trinajstić information content (AvgIpc) is 2.58. The number of halogens is 2. The topological polar surface area (TPSA) is 84.5 Å². The fourth-order valence-corrected chi connectivity index (χ4v) is 2.10. The number of rotatable bonds is 3. The molecule has 0 spiro atoms. The van der Waals surface area contributed by atoms with Crippen molar-refractivity contribution in [1.82, 2.24) is 0 Å². The lowest BCUT2D eigenvalue weighted by Crippen LogP contribution is -2.29. The van der Waals surface area contributed by atoms with Gasteiger partial charge in [-0.25, -0.2) is 4.79 Å². The van der Waals surface area contributed by atoms with Crippen molar-refractivity contribution in [3.05, 3.63) is 58.1 Å². The Morgan fingerprint density at radius 1 is 0.917 bits per heavy atom. The molecule has 0 aliphatic heterocycles. The second-order valence-corrected chi connectivity index (χ2v) is 5.44. The molecular weight excluding hydrogens is 355 g/mol. The fourth-order valence-electron chi connectivity index (χ4n) is 1.77. The lowest BCUT2D eigenvalue weighted by atomic mass is 10.2. The number of anilines is 2. The molecule has 0 fully saturated rings. The second-order valence-electron chi connectivity index (χ2n) is 4.60. The molecule has 0 bridgehead atoms. The molecule has 2 rings (SSSR count). The number of carbonyl (C=O) groups excluding carboxylic acids is 3. The quantitative estimate of drug-likeness (QED) is 0.644. The highest BCUT2D eigenvalue weighted by molar-refractivity contribution is 6.45. The summed E-state index contributed by atoms with van der Waals surface area (Å²) in [7, 11) is 1.27. The highest BCUT2D eigenvalue weighted by Crippen LogP contribution is 2.25. The molecule has 0 atom stereocenters. The largest absolute Gasteiger partial charge is 0.465 e.